The van der Waals surface area contributed by atoms with Crippen LogP contribution in [0.15, 0.2) is 12.1 Å². The average molecular weight is 290 g/mol. The molecule has 0 bridgehead atoms. The summed E-state index contributed by atoms with van der Waals surface area (Å²) in [6, 6.07) is 3.30. The van der Waals surface area contributed by atoms with Crippen LogP contribution in [0.4, 0.5) is 5.82 Å². The third-order valence-electron chi connectivity index (χ3n) is 4.58. The topological polar surface area (TPSA) is 62.2 Å². The number of carboxylic acid groups (broad SMARTS) is 1. The molecule has 1 fully saturated rings. The Kier molecular flexibility index (Phi) is 4.00. The van der Waals surface area contributed by atoms with E-state index >= 15 is 0 Å². The lowest BCUT2D eigenvalue weighted by molar-refractivity contribution is 0.0696. The Hall–Kier alpha value is -1.58. The molecule has 0 unspecified atom stereocenters. The van der Waals surface area contributed by atoms with E-state index in [0.29, 0.717) is 22.7 Å². The van der Waals surface area contributed by atoms with E-state index in [9.17, 15) is 9.90 Å². The molecule has 0 aliphatic heterocycles. The number of nitrogens with zero attached hydrogens (tertiary/aromatic N) is 1. The van der Waals surface area contributed by atoms with Crippen molar-refractivity contribution in [1.29, 1.82) is 0 Å². The fourth-order valence-corrected chi connectivity index (χ4v) is 2.51. The number of rotatable bonds is 5. The zero-order valence-electron chi connectivity index (χ0n) is 13.7. The van der Waals surface area contributed by atoms with Crippen LogP contribution in [0.3, 0.4) is 0 Å². The molecular weight excluding hydrogens is 264 g/mol. The molecule has 4 nitrogen and oxygen atoms in total. The summed E-state index contributed by atoms with van der Waals surface area (Å²) in [7, 11) is 0. The lowest BCUT2D eigenvalue weighted by atomic mass is 9.90. The Labute approximate surface area is 127 Å². The van der Waals surface area contributed by atoms with E-state index in [4.69, 9.17) is 0 Å². The predicted octanol–water partition coefficient (Wildman–Crippen LogP) is 3.93. The zero-order valence-corrected chi connectivity index (χ0v) is 13.7. The van der Waals surface area contributed by atoms with Gasteiger partial charge >= 0.3 is 5.97 Å². The van der Waals surface area contributed by atoms with E-state index in [1.807, 2.05) is 20.8 Å². The van der Waals surface area contributed by atoms with Crippen molar-refractivity contribution < 1.29 is 9.90 Å². The normalized spacial score (nSPS) is 16.9. The number of carboxylic acids is 1. The highest BCUT2D eigenvalue weighted by molar-refractivity contribution is 5.88. The number of aromatic nitrogens is 1. The van der Waals surface area contributed by atoms with E-state index < -0.39 is 5.97 Å². The molecule has 0 spiro atoms. The molecule has 0 saturated heterocycles. The highest BCUT2D eigenvalue weighted by Crippen LogP contribution is 2.51. The summed E-state index contributed by atoms with van der Waals surface area (Å²) >= 11 is 0. The first-order chi connectivity index (χ1) is 9.64. The molecule has 1 aliphatic rings. The third kappa shape index (κ3) is 3.55. The van der Waals surface area contributed by atoms with Crippen LogP contribution in [0.5, 0.6) is 0 Å². The van der Waals surface area contributed by atoms with Gasteiger partial charge in [0.2, 0.25) is 0 Å². The van der Waals surface area contributed by atoms with Crippen molar-refractivity contribution in [2.45, 2.75) is 52.9 Å². The van der Waals surface area contributed by atoms with Gasteiger partial charge in [0.1, 0.15) is 5.82 Å². The molecule has 0 amide bonds. The van der Waals surface area contributed by atoms with Gasteiger partial charge in [-0.2, -0.15) is 0 Å². The molecule has 1 heterocycles. The summed E-state index contributed by atoms with van der Waals surface area (Å²) in [6.07, 6.45) is 2.48. The average Bonchev–Trinajstić information content (AvgIpc) is 3.16. The molecular formula is C17H26N2O2. The van der Waals surface area contributed by atoms with Crippen LogP contribution in [0.2, 0.25) is 0 Å². The summed E-state index contributed by atoms with van der Waals surface area (Å²) < 4.78 is 0. The molecule has 0 aromatic carbocycles. The Morgan fingerprint density at radius 3 is 2.43 bits per heavy atom. The van der Waals surface area contributed by atoms with Gasteiger partial charge in [0, 0.05) is 17.7 Å². The van der Waals surface area contributed by atoms with Crippen molar-refractivity contribution in [1.82, 2.24) is 4.98 Å². The minimum atomic E-state index is -0.907. The molecule has 0 atom stereocenters. The summed E-state index contributed by atoms with van der Waals surface area (Å²) in [6.45, 7) is 11.5. The second-order valence-corrected chi connectivity index (χ2v) is 7.55. The molecule has 116 valence electrons. The van der Waals surface area contributed by atoms with Gasteiger partial charge in [0.05, 0.1) is 5.56 Å². The molecule has 1 aliphatic carbocycles. The lowest BCUT2D eigenvalue weighted by Gasteiger charge is -2.23. The van der Waals surface area contributed by atoms with Gasteiger partial charge in [-0.25, -0.2) is 9.78 Å². The van der Waals surface area contributed by atoms with Crippen molar-refractivity contribution in [2.75, 3.05) is 11.9 Å². The number of anilines is 1. The number of pyridine rings is 1. The molecule has 0 radical (unpaired) electrons. The fourth-order valence-electron chi connectivity index (χ4n) is 2.51. The lowest BCUT2D eigenvalue weighted by Crippen LogP contribution is -2.22. The van der Waals surface area contributed by atoms with E-state index in [-0.39, 0.29) is 5.41 Å². The van der Waals surface area contributed by atoms with Gasteiger partial charge in [-0.3, -0.25) is 0 Å². The van der Waals surface area contributed by atoms with Crippen molar-refractivity contribution in [3.63, 3.8) is 0 Å². The minimum Gasteiger partial charge on any atom is -0.478 e. The first-order valence-electron chi connectivity index (χ1n) is 7.64. The van der Waals surface area contributed by atoms with Gasteiger partial charge in [-0.05, 0) is 36.3 Å². The highest BCUT2D eigenvalue weighted by atomic mass is 16.4. The van der Waals surface area contributed by atoms with Crippen LogP contribution in [0.1, 0.15) is 63.5 Å². The minimum absolute atomic E-state index is 0.169. The van der Waals surface area contributed by atoms with Crippen molar-refractivity contribution in [2.24, 2.45) is 11.3 Å². The molecule has 21 heavy (non-hydrogen) atoms. The molecule has 4 heteroatoms. The summed E-state index contributed by atoms with van der Waals surface area (Å²) in [4.78, 5) is 15.9. The first-order valence-corrected chi connectivity index (χ1v) is 7.64. The van der Waals surface area contributed by atoms with Crippen LogP contribution in [0.25, 0.3) is 0 Å². The Morgan fingerprint density at radius 2 is 2.00 bits per heavy atom. The number of hydrogen-bond acceptors (Lipinski definition) is 3. The molecule has 1 aromatic heterocycles. The molecule has 2 rings (SSSR count). The summed E-state index contributed by atoms with van der Waals surface area (Å²) in [5, 5.41) is 12.6. The fraction of sp³-hybridized carbons (Fsp3) is 0.647. The van der Waals surface area contributed by atoms with E-state index in [1.165, 1.54) is 12.8 Å². The molecule has 1 aromatic rings. The number of carbonyl (C=O) groups is 1. The summed E-state index contributed by atoms with van der Waals surface area (Å²) in [5.74, 6) is 0.400. The van der Waals surface area contributed by atoms with Crippen LogP contribution in [-0.2, 0) is 5.41 Å². The highest BCUT2D eigenvalue weighted by Gasteiger charge is 2.45. The third-order valence-corrected chi connectivity index (χ3v) is 4.58. The maximum atomic E-state index is 11.3. The largest absolute Gasteiger partial charge is 0.478 e. The van der Waals surface area contributed by atoms with Gasteiger partial charge in [-0.15, -0.1) is 0 Å². The molecule has 2 N–H and O–H groups in total. The van der Waals surface area contributed by atoms with Crippen molar-refractivity contribution in [3.05, 3.63) is 23.4 Å². The van der Waals surface area contributed by atoms with E-state index in [2.05, 4.69) is 24.1 Å². The maximum Gasteiger partial charge on any atom is 0.335 e. The van der Waals surface area contributed by atoms with Crippen LogP contribution < -0.4 is 5.32 Å². The SMILES string of the molecule is CC(C)C1(CNc2cc(C(=O)O)cc(C(C)(C)C)n2)CC1. The number of hydrogen-bond donors (Lipinski definition) is 2. The van der Waals surface area contributed by atoms with Gasteiger partial charge in [-0.1, -0.05) is 34.6 Å². The standard InChI is InChI=1S/C17H26N2O2/c1-11(2)17(6-7-17)10-18-14-9-12(15(20)21)8-13(19-14)16(3,4)5/h8-9,11H,6-7,10H2,1-5H3,(H,18,19)(H,20,21). The Balaban J connectivity index is 2.22. The van der Waals surface area contributed by atoms with Crippen molar-refractivity contribution in [3.8, 4) is 0 Å². The number of aromatic carboxylic acids is 1. The van der Waals surface area contributed by atoms with Crippen LogP contribution >= 0.6 is 0 Å². The molecule has 1 saturated carbocycles. The van der Waals surface area contributed by atoms with E-state index in [1.54, 1.807) is 12.1 Å². The van der Waals surface area contributed by atoms with Gasteiger partial charge in [0.15, 0.2) is 0 Å². The van der Waals surface area contributed by atoms with Crippen molar-refractivity contribution >= 4 is 11.8 Å². The quantitative estimate of drug-likeness (QED) is 0.862. The van der Waals surface area contributed by atoms with E-state index in [0.717, 1.165) is 12.2 Å². The number of nitrogens with one attached hydrogen (secondary N) is 1. The Bertz CT molecular complexity index is 540. The van der Waals surface area contributed by atoms with Crippen LogP contribution in [0, 0.1) is 11.3 Å². The monoisotopic (exact) mass is 290 g/mol. The first kappa shape index (κ1) is 15.8. The zero-order chi connectivity index (χ0) is 15.8. The van der Waals surface area contributed by atoms with Gasteiger partial charge in [0.25, 0.3) is 0 Å². The van der Waals surface area contributed by atoms with Crippen LogP contribution in [-0.4, -0.2) is 22.6 Å². The summed E-state index contributed by atoms with van der Waals surface area (Å²) in [5.41, 5.74) is 1.30. The second kappa shape index (κ2) is 5.32. The smallest absolute Gasteiger partial charge is 0.335 e. The second-order valence-electron chi connectivity index (χ2n) is 7.55. The maximum absolute atomic E-state index is 11.3. The van der Waals surface area contributed by atoms with Gasteiger partial charge < -0.3 is 10.4 Å². The predicted molar refractivity (Wildman–Crippen MR) is 84.9 cm³/mol. The Morgan fingerprint density at radius 1 is 1.38 bits per heavy atom.